The summed E-state index contributed by atoms with van der Waals surface area (Å²) in [5, 5.41) is 19.9. The fourth-order valence-corrected chi connectivity index (χ4v) is 4.04. The van der Waals surface area contributed by atoms with Crippen LogP contribution >= 0.6 is 0 Å². The Bertz CT molecular complexity index is 1460. The van der Waals surface area contributed by atoms with Gasteiger partial charge < -0.3 is 9.67 Å². The van der Waals surface area contributed by atoms with Crippen molar-refractivity contribution >= 4 is 33.5 Å². The number of aromatic hydroxyl groups is 1. The average molecular weight is 461 g/mol. The zero-order chi connectivity index (χ0) is 24.4. The number of hydrogen-bond acceptors (Lipinski definition) is 6. The maximum Gasteiger partial charge on any atom is 0.300 e. The van der Waals surface area contributed by atoms with Crippen LogP contribution in [0.1, 0.15) is 36.8 Å². The number of azo groups is 1. The highest BCUT2D eigenvalue weighted by Crippen LogP contribution is 2.39. The van der Waals surface area contributed by atoms with E-state index in [0.29, 0.717) is 29.6 Å². The first kappa shape index (κ1) is 23.3. The van der Waals surface area contributed by atoms with E-state index in [4.69, 9.17) is 0 Å². The van der Waals surface area contributed by atoms with Crippen LogP contribution < -0.4 is 5.43 Å². The molecule has 1 N–H and O–H groups in total. The number of benzene rings is 1. The molecule has 34 heavy (non-hydrogen) atoms. The van der Waals surface area contributed by atoms with E-state index in [1.165, 1.54) is 6.20 Å². The largest absolute Gasteiger partial charge is 0.493 e. The predicted molar refractivity (Wildman–Crippen MR) is 132 cm³/mol. The van der Waals surface area contributed by atoms with Gasteiger partial charge >= 0.3 is 5.91 Å². The number of carbonyl (C=O) groups excluding carboxylic acids is 1. The van der Waals surface area contributed by atoms with Crippen molar-refractivity contribution in [3.63, 3.8) is 0 Å². The van der Waals surface area contributed by atoms with Crippen LogP contribution in [0.25, 0.3) is 21.9 Å². The van der Waals surface area contributed by atoms with Gasteiger partial charge in [0.05, 0.1) is 17.6 Å². The fraction of sp³-hybridized carbons (Fsp3) is 0.320. The number of para-hydroxylation sites is 1. The Hall–Kier alpha value is -3.85. The summed E-state index contributed by atoms with van der Waals surface area (Å²) in [5.41, 5.74) is 1.76. The molecule has 176 valence electrons. The second-order valence-electron chi connectivity index (χ2n) is 8.05. The summed E-state index contributed by atoms with van der Waals surface area (Å²) in [6.07, 6.45) is 1.47. The lowest BCUT2D eigenvalue weighted by molar-refractivity contribution is 0.0993. The Morgan fingerprint density at radius 1 is 1.09 bits per heavy atom. The van der Waals surface area contributed by atoms with Crippen molar-refractivity contribution in [1.82, 2.24) is 19.0 Å². The minimum absolute atomic E-state index is 0.0752. The van der Waals surface area contributed by atoms with Gasteiger partial charge in [-0.1, -0.05) is 32.0 Å². The van der Waals surface area contributed by atoms with Gasteiger partial charge in [0.2, 0.25) is 11.3 Å². The van der Waals surface area contributed by atoms with Gasteiger partial charge in [-0.2, -0.15) is 0 Å². The number of fused-ring (bicyclic) bond motifs is 2. The summed E-state index contributed by atoms with van der Waals surface area (Å²) in [7, 11) is 0. The molecule has 1 amide bonds. The third-order valence-electron chi connectivity index (χ3n) is 6.03. The molecule has 0 radical (unpaired) electrons. The number of aromatic nitrogens is 3. The third kappa shape index (κ3) is 4.10. The first-order valence-corrected chi connectivity index (χ1v) is 11.4. The zero-order valence-corrected chi connectivity index (χ0v) is 19.8. The zero-order valence-electron chi connectivity index (χ0n) is 19.8. The third-order valence-corrected chi connectivity index (χ3v) is 6.03. The molecule has 0 atom stereocenters. The maximum absolute atomic E-state index is 13.0. The maximum atomic E-state index is 13.0. The summed E-state index contributed by atoms with van der Waals surface area (Å²) in [6, 6.07) is 10.8. The summed E-state index contributed by atoms with van der Waals surface area (Å²) in [6.45, 7) is 10.5. The SMILES string of the molecule is CCN(CC)Cn1c(O)c(N=NC(=O)c2cn(CC)c3nc(C)ccc3c2=O)c2ccccc21. The van der Waals surface area contributed by atoms with E-state index in [2.05, 4.69) is 34.0 Å². The van der Waals surface area contributed by atoms with E-state index < -0.39 is 11.3 Å². The van der Waals surface area contributed by atoms with Gasteiger partial charge in [0.1, 0.15) is 11.2 Å². The second-order valence-corrected chi connectivity index (χ2v) is 8.05. The van der Waals surface area contributed by atoms with E-state index in [1.807, 2.05) is 38.1 Å². The summed E-state index contributed by atoms with van der Waals surface area (Å²) >= 11 is 0. The van der Waals surface area contributed by atoms with Crippen molar-refractivity contribution in [3.8, 4) is 5.88 Å². The lowest BCUT2D eigenvalue weighted by Crippen LogP contribution is -2.25. The summed E-state index contributed by atoms with van der Waals surface area (Å²) < 4.78 is 3.50. The van der Waals surface area contributed by atoms with Gasteiger partial charge in [-0.25, -0.2) is 4.98 Å². The molecule has 0 unspecified atom stereocenters. The van der Waals surface area contributed by atoms with Crippen molar-refractivity contribution in [2.45, 2.75) is 40.9 Å². The van der Waals surface area contributed by atoms with Gasteiger partial charge in [-0.15, -0.1) is 10.2 Å². The molecule has 0 saturated carbocycles. The lowest BCUT2D eigenvalue weighted by Gasteiger charge is -2.19. The van der Waals surface area contributed by atoms with Gasteiger partial charge in [0, 0.05) is 23.8 Å². The van der Waals surface area contributed by atoms with Crippen LogP contribution in [0.2, 0.25) is 0 Å². The van der Waals surface area contributed by atoms with E-state index in [9.17, 15) is 14.7 Å². The molecule has 9 nitrogen and oxygen atoms in total. The van der Waals surface area contributed by atoms with Crippen LogP contribution in [0.15, 0.2) is 57.6 Å². The minimum Gasteiger partial charge on any atom is -0.493 e. The number of hydrogen-bond donors (Lipinski definition) is 1. The highest BCUT2D eigenvalue weighted by molar-refractivity contribution is 5.98. The molecule has 0 spiro atoms. The normalized spacial score (nSPS) is 11.9. The summed E-state index contributed by atoms with van der Waals surface area (Å²) in [5.74, 6) is -0.844. The van der Waals surface area contributed by atoms with Gasteiger partial charge in [-0.3, -0.25) is 19.1 Å². The molecule has 4 aromatic rings. The Morgan fingerprint density at radius 3 is 2.53 bits per heavy atom. The number of rotatable bonds is 7. The van der Waals surface area contributed by atoms with Crippen LogP contribution in [-0.2, 0) is 13.2 Å². The van der Waals surface area contributed by atoms with Crippen LogP contribution in [-0.4, -0.2) is 43.1 Å². The molecule has 9 heteroatoms. The standard InChI is InChI=1S/C25H28N6O3/c1-5-29(6-2)15-31-20-11-9-8-10-17(20)21(25(31)34)27-28-24(33)19-14-30(7-3)23-18(22(19)32)13-12-16(4)26-23/h8-14,34H,5-7,15H2,1-4H3. The molecule has 4 rings (SSSR count). The average Bonchev–Trinajstić information content (AvgIpc) is 3.11. The molecule has 0 fully saturated rings. The van der Waals surface area contributed by atoms with Crippen molar-refractivity contribution in [3.05, 3.63) is 64.1 Å². The molecular formula is C25H28N6O3. The van der Waals surface area contributed by atoms with Gasteiger partial charge in [0.15, 0.2) is 5.69 Å². The molecule has 0 aliphatic carbocycles. The number of nitrogens with zero attached hydrogens (tertiary/aromatic N) is 6. The topological polar surface area (TPSA) is 105 Å². The quantitative estimate of drug-likeness (QED) is 0.406. The first-order valence-electron chi connectivity index (χ1n) is 11.4. The number of pyridine rings is 2. The molecule has 0 aliphatic rings. The van der Waals surface area contributed by atoms with Crippen LogP contribution in [0.4, 0.5) is 5.69 Å². The fourth-order valence-electron chi connectivity index (χ4n) is 4.04. The molecule has 3 aromatic heterocycles. The van der Waals surface area contributed by atoms with Crippen molar-refractivity contribution in [1.29, 1.82) is 0 Å². The Labute approximate surface area is 197 Å². The van der Waals surface area contributed by atoms with Crippen LogP contribution in [0.5, 0.6) is 5.88 Å². The van der Waals surface area contributed by atoms with Crippen molar-refractivity contribution < 1.29 is 9.90 Å². The monoisotopic (exact) mass is 460 g/mol. The molecule has 3 heterocycles. The van der Waals surface area contributed by atoms with Crippen molar-refractivity contribution in [2.24, 2.45) is 10.2 Å². The van der Waals surface area contributed by atoms with E-state index in [0.717, 1.165) is 24.3 Å². The first-order chi connectivity index (χ1) is 16.4. The minimum atomic E-state index is -0.769. The number of aryl methyl sites for hydroxylation is 2. The lowest BCUT2D eigenvalue weighted by atomic mass is 10.1. The molecular weight excluding hydrogens is 432 g/mol. The predicted octanol–water partition coefficient (Wildman–Crippen LogP) is 4.61. The number of carbonyl (C=O) groups is 1. The highest BCUT2D eigenvalue weighted by Gasteiger charge is 2.20. The molecule has 1 aromatic carbocycles. The van der Waals surface area contributed by atoms with E-state index in [-0.39, 0.29) is 17.1 Å². The Morgan fingerprint density at radius 2 is 1.82 bits per heavy atom. The van der Waals surface area contributed by atoms with Gasteiger partial charge in [-0.05, 0) is 45.1 Å². The van der Waals surface area contributed by atoms with Gasteiger partial charge in [0.25, 0.3) is 0 Å². The Kier molecular flexibility index (Phi) is 6.56. The van der Waals surface area contributed by atoms with E-state index in [1.54, 1.807) is 21.3 Å². The number of amides is 1. The molecule has 0 aliphatic heterocycles. The second kappa shape index (κ2) is 9.56. The molecule has 0 bridgehead atoms. The highest BCUT2D eigenvalue weighted by atomic mass is 16.3. The molecule has 0 saturated heterocycles. The van der Waals surface area contributed by atoms with E-state index >= 15 is 0 Å². The van der Waals surface area contributed by atoms with Crippen LogP contribution in [0, 0.1) is 6.92 Å². The summed E-state index contributed by atoms with van der Waals surface area (Å²) in [4.78, 5) is 32.5. The Balaban J connectivity index is 1.77. The van der Waals surface area contributed by atoms with Crippen LogP contribution in [0.3, 0.4) is 0 Å². The van der Waals surface area contributed by atoms with Crippen molar-refractivity contribution in [2.75, 3.05) is 13.1 Å². The smallest absolute Gasteiger partial charge is 0.300 e.